The van der Waals surface area contributed by atoms with Crippen molar-refractivity contribution in [1.29, 1.82) is 0 Å². The number of hydrogen-bond donors (Lipinski definition) is 1. The van der Waals surface area contributed by atoms with Crippen LogP contribution in [-0.2, 0) is 0 Å². The van der Waals surface area contributed by atoms with E-state index in [1.165, 1.54) is 17.7 Å². The van der Waals surface area contributed by atoms with Crippen molar-refractivity contribution in [2.75, 3.05) is 13.6 Å². The Morgan fingerprint density at radius 3 is 2.71 bits per heavy atom. The number of hydrogen-bond acceptors (Lipinski definition) is 3. The smallest absolute Gasteiger partial charge is 0.0931 e. The summed E-state index contributed by atoms with van der Waals surface area (Å²) in [6.45, 7) is 5.52. The normalized spacial score (nSPS) is 19.6. The number of nitrogens with zero attached hydrogens (tertiary/aromatic N) is 1. The molecule has 0 bridgehead atoms. The van der Waals surface area contributed by atoms with Gasteiger partial charge in [0.1, 0.15) is 0 Å². The average Bonchev–Trinajstić information content (AvgIpc) is 3.07. The summed E-state index contributed by atoms with van der Waals surface area (Å²) in [6.07, 6.45) is 2.74. The molecule has 0 radical (unpaired) electrons. The third-order valence-corrected chi connectivity index (χ3v) is 4.97. The molecule has 0 spiro atoms. The lowest BCUT2D eigenvalue weighted by Crippen LogP contribution is -2.39. The second-order valence-electron chi connectivity index (χ2n) is 5.02. The summed E-state index contributed by atoms with van der Waals surface area (Å²) in [4.78, 5) is 3.80. The molecule has 4 heteroatoms. The first-order valence-electron chi connectivity index (χ1n) is 6.28. The van der Waals surface area contributed by atoms with Gasteiger partial charge in [0, 0.05) is 29.5 Å². The number of likely N-dealkylation sites (N-methyl/N-ethyl adjacent to an activating group) is 1. The van der Waals surface area contributed by atoms with Gasteiger partial charge in [0.15, 0.2) is 0 Å². The van der Waals surface area contributed by atoms with Crippen LogP contribution in [0.25, 0.3) is 0 Å². The first-order valence-corrected chi connectivity index (χ1v) is 7.48. The standard InChI is InChI=1S/C13H21ClN2S/c1-9(16(3)11-4-5-11)8-15-10(2)12-6-7-13(14)17-12/h6-7,9-11,15H,4-5,8H2,1-3H3. The monoisotopic (exact) mass is 272 g/mol. The summed E-state index contributed by atoms with van der Waals surface area (Å²) in [5.74, 6) is 0. The summed E-state index contributed by atoms with van der Waals surface area (Å²) < 4.78 is 0.872. The third-order valence-electron chi connectivity index (χ3n) is 3.56. The maximum atomic E-state index is 5.95. The summed E-state index contributed by atoms with van der Waals surface area (Å²) in [7, 11) is 2.23. The molecule has 1 heterocycles. The number of halogens is 1. The van der Waals surface area contributed by atoms with Crippen LogP contribution < -0.4 is 5.32 Å². The average molecular weight is 273 g/mol. The molecule has 0 saturated heterocycles. The van der Waals surface area contributed by atoms with Gasteiger partial charge in [0.05, 0.1) is 4.34 Å². The lowest BCUT2D eigenvalue weighted by molar-refractivity contribution is 0.237. The second kappa shape index (κ2) is 5.70. The van der Waals surface area contributed by atoms with Gasteiger partial charge >= 0.3 is 0 Å². The van der Waals surface area contributed by atoms with Crippen LogP contribution in [0.4, 0.5) is 0 Å². The maximum absolute atomic E-state index is 5.95. The van der Waals surface area contributed by atoms with Crippen LogP contribution in [0.5, 0.6) is 0 Å². The molecular weight excluding hydrogens is 252 g/mol. The van der Waals surface area contributed by atoms with Gasteiger partial charge in [-0.3, -0.25) is 4.90 Å². The second-order valence-corrected chi connectivity index (χ2v) is 6.76. The topological polar surface area (TPSA) is 15.3 Å². The Hall–Kier alpha value is -0.0900. The summed E-state index contributed by atoms with van der Waals surface area (Å²) >= 11 is 7.61. The molecule has 1 fully saturated rings. The fraction of sp³-hybridized carbons (Fsp3) is 0.692. The zero-order valence-corrected chi connectivity index (χ0v) is 12.3. The lowest BCUT2D eigenvalue weighted by Gasteiger charge is -2.26. The summed E-state index contributed by atoms with van der Waals surface area (Å²) in [5.41, 5.74) is 0. The highest BCUT2D eigenvalue weighted by atomic mass is 35.5. The highest BCUT2D eigenvalue weighted by molar-refractivity contribution is 7.16. The largest absolute Gasteiger partial charge is 0.308 e. The van der Waals surface area contributed by atoms with E-state index in [0.717, 1.165) is 16.9 Å². The van der Waals surface area contributed by atoms with Crippen molar-refractivity contribution in [3.8, 4) is 0 Å². The van der Waals surface area contributed by atoms with Gasteiger partial charge < -0.3 is 5.32 Å². The first-order chi connectivity index (χ1) is 8.08. The minimum Gasteiger partial charge on any atom is -0.308 e. The molecule has 1 N–H and O–H groups in total. The van der Waals surface area contributed by atoms with Gasteiger partial charge in [0.2, 0.25) is 0 Å². The Balaban J connectivity index is 1.77. The highest BCUT2D eigenvalue weighted by Gasteiger charge is 2.29. The predicted molar refractivity (Wildman–Crippen MR) is 76.0 cm³/mol. The quantitative estimate of drug-likeness (QED) is 0.852. The molecule has 1 aromatic heterocycles. The molecule has 2 rings (SSSR count). The Morgan fingerprint density at radius 1 is 1.47 bits per heavy atom. The minimum absolute atomic E-state index is 0.391. The Labute approximate surface area is 113 Å². The van der Waals surface area contributed by atoms with Crippen molar-refractivity contribution in [1.82, 2.24) is 10.2 Å². The third kappa shape index (κ3) is 3.68. The molecule has 0 amide bonds. The van der Waals surface area contributed by atoms with Gasteiger partial charge in [-0.1, -0.05) is 11.6 Å². The highest BCUT2D eigenvalue weighted by Crippen LogP contribution is 2.28. The molecule has 2 atom stereocenters. The fourth-order valence-corrected chi connectivity index (χ4v) is 3.08. The Morgan fingerprint density at radius 2 is 2.18 bits per heavy atom. The van der Waals surface area contributed by atoms with E-state index in [9.17, 15) is 0 Å². The number of rotatable bonds is 6. The van der Waals surface area contributed by atoms with E-state index in [4.69, 9.17) is 11.6 Å². The van der Waals surface area contributed by atoms with Crippen molar-refractivity contribution < 1.29 is 0 Å². The van der Waals surface area contributed by atoms with Gasteiger partial charge in [-0.2, -0.15) is 0 Å². The lowest BCUT2D eigenvalue weighted by atomic mass is 10.2. The van der Waals surface area contributed by atoms with Crippen LogP contribution in [0.15, 0.2) is 12.1 Å². The van der Waals surface area contributed by atoms with Crippen molar-refractivity contribution >= 4 is 22.9 Å². The van der Waals surface area contributed by atoms with Crippen molar-refractivity contribution in [3.63, 3.8) is 0 Å². The molecule has 2 nitrogen and oxygen atoms in total. The summed E-state index contributed by atoms with van der Waals surface area (Å²) in [5, 5.41) is 3.59. The Kier molecular flexibility index (Phi) is 4.47. The van der Waals surface area contributed by atoms with E-state index in [2.05, 4.69) is 37.2 Å². The van der Waals surface area contributed by atoms with E-state index >= 15 is 0 Å². The van der Waals surface area contributed by atoms with E-state index in [-0.39, 0.29) is 0 Å². The molecule has 2 unspecified atom stereocenters. The molecule has 1 saturated carbocycles. The maximum Gasteiger partial charge on any atom is 0.0931 e. The Bertz CT molecular complexity index is 362. The zero-order valence-electron chi connectivity index (χ0n) is 10.7. The van der Waals surface area contributed by atoms with Crippen LogP contribution >= 0.6 is 22.9 Å². The van der Waals surface area contributed by atoms with Gasteiger partial charge in [-0.25, -0.2) is 0 Å². The molecule has 17 heavy (non-hydrogen) atoms. The van der Waals surface area contributed by atoms with Crippen molar-refractivity contribution in [3.05, 3.63) is 21.3 Å². The molecule has 0 aromatic carbocycles. The van der Waals surface area contributed by atoms with Crippen molar-refractivity contribution in [2.45, 2.75) is 44.8 Å². The predicted octanol–water partition coefficient (Wildman–Crippen LogP) is 3.53. The van der Waals surface area contributed by atoms with Crippen LogP contribution in [0.1, 0.15) is 37.6 Å². The van der Waals surface area contributed by atoms with Crippen LogP contribution in [0.2, 0.25) is 4.34 Å². The van der Waals surface area contributed by atoms with Gasteiger partial charge in [-0.05, 0) is 45.9 Å². The molecule has 1 aliphatic carbocycles. The first kappa shape index (κ1) is 13.3. The van der Waals surface area contributed by atoms with Crippen molar-refractivity contribution in [2.24, 2.45) is 0 Å². The molecular formula is C13H21ClN2S. The molecule has 1 aliphatic rings. The number of thiophene rings is 1. The summed E-state index contributed by atoms with van der Waals surface area (Å²) in [6, 6.07) is 5.90. The van der Waals surface area contributed by atoms with E-state index in [0.29, 0.717) is 12.1 Å². The number of nitrogens with one attached hydrogen (secondary N) is 1. The van der Waals surface area contributed by atoms with E-state index in [1.807, 2.05) is 6.07 Å². The van der Waals surface area contributed by atoms with E-state index in [1.54, 1.807) is 11.3 Å². The van der Waals surface area contributed by atoms with Gasteiger partial charge in [-0.15, -0.1) is 11.3 Å². The van der Waals surface area contributed by atoms with Crippen LogP contribution in [0, 0.1) is 0 Å². The fourth-order valence-electron chi connectivity index (χ4n) is 1.99. The zero-order chi connectivity index (χ0) is 12.4. The SMILES string of the molecule is CC(NCC(C)N(C)C1CC1)c1ccc(Cl)s1. The van der Waals surface area contributed by atoms with Crippen LogP contribution in [0.3, 0.4) is 0 Å². The van der Waals surface area contributed by atoms with Crippen LogP contribution in [-0.4, -0.2) is 30.6 Å². The minimum atomic E-state index is 0.391. The molecule has 96 valence electrons. The molecule has 0 aliphatic heterocycles. The van der Waals surface area contributed by atoms with E-state index < -0.39 is 0 Å². The van der Waals surface area contributed by atoms with Gasteiger partial charge in [0.25, 0.3) is 0 Å². The molecule has 1 aromatic rings.